The third-order valence-corrected chi connectivity index (χ3v) is 6.61. The van der Waals surface area contributed by atoms with Gasteiger partial charge in [0.05, 0.1) is 10.6 Å². The zero-order chi connectivity index (χ0) is 21.9. The van der Waals surface area contributed by atoms with E-state index in [2.05, 4.69) is 0 Å². The summed E-state index contributed by atoms with van der Waals surface area (Å²) < 4.78 is 33.3. The highest BCUT2D eigenvalue weighted by atomic mass is 32.2. The van der Waals surface area contributed by atoms with E-state index in [1.165, 1.54) is 12.1 Å². The molecular formula is C24H25NO4S. The Bertz CT molecular complexity index is 1150. The molecule has 0 N–H and O–H groups in total. The van der Waals surface area contributed by atoms with Gasteiger partial charge in [0.25, 0.3) is 15.9 Å². The van der Waals surface area contributed by atoms with Gasteiger partial charge in [0, 0.05) is 0 Å². The molecule has 0 aliphatic carbocycles. The van der Waals surface area contributed by atoms with Crippen molar-refractivity contribution < 1.29 is 17.9 Å². The molecule has 6 heteroatoms. The van der Waals surface area contributed by atoms with E-state index in [9.17, 15) is 13.2 Å². The molecule has 1 amide bonds. The largest absolute Gasteiger partial charge is 0.484 e. The summed E-state index contributed by atoms with van der Waals surface area (Å²) in [6.45, 7) is 7.15. The number of hydrogen-bond acceptors (Lipinski definition) is 4. The molecule has 0 heterocycles. The van der Waals surface area contributed by atoms with Crippen LogP contribution in [0.2, 0.25) is 0 Å². The number of hydrogen-bond donors (Lipinski definition) is 0. The van der Waals surface area contributed by atoms with Crippen molar-refractivity contribution in [1.29, 1.82) is 0 Å². The van der Waals surface area contributed by atoms with Gasteiger partial charge in [-0.2, -0.15) is 4.31 Å². The summed E-state index contributed by atoms with van der Waals surface area (Å²) in [7, 11) is -4.11. The first-order valence-corrected chi connectivity index (χ1v) is 11.0. The average molecular weight is 424 g/mol. The van der Waals surface area contributed by atoms with Gasteiger partial charge in [0.2, 0.25) is 0 Å². The van der Waals surface area contributed by atoms with Crippen molar-refractivity contribution in [2.75, 3.05) is 10.9 Å². The van der Waals surface area contributed by atoms with Gasteiger partial charge in [-0.25, -0.2) is 8.42 Å². The molecule has 0 spiro atoms. The second kappa shape index (κ2) is 8.71. The number of nitrogens with zero attached hydrogens (tertiary/aromatic N) is 1. The van der Waals surface area contributed by atoms with E-state index < -0.39 is 22.5 Å². The molecule has 0 aliphatic heterocycles. The number of carbonyl (C=O) groups is 1. The van der Waals surface area contributed by atoms with Crippen LogP contribution in [0.15, 0.2) is 71.6 Å². The van der Waals surface area contributed by atoms with Gasteiger partial charge < -0.3 is 4.74 Å². The lowest BCUT2D eigenvalue weighted by Crippen LogP contribution is -2.40. The number of anilines is 1. The quantitative estimate of drug-likeness (QED) is 0.575. The van der Waals surface area contributed by atoms with E-state index in [0.29, 0.717) is 11.4 Å². The first kappa shape index (κ1) is 21.6. The maximum Gasteiger partial charge on any atom is 0.278 e. The fourth-order valence-corrected chi connectivity index (χ4v) is 4.76. The fraction of sp³-hybridized carbons (Fsp3) is 0.208. The molecule has 3 rings (SSSR count). The van der Waals surface area contributed by atoms with Crippen LogP contribution in [0.25, 0.3) is 0 Å². The smallest absolute Gasteiger partial charge is 0.278 e. The predicted octanol–water partition coefficient (Wildman–Crippen LogP) is 4.72. The molecule has 30 heavy (non-hydrogen) atoms. The molecule has 156 valence electrons. The number of ether oxygens (including phenoxy) is 1. The normalized spacial score (nSPS) is 11.2. The van der Waals surface area contributed by atoms with Crippen molar-refractivity contribution in [2.24, 2.45) is 0 Å². The molecule has 0 aromatic heterocycles. The van der Waals surface area contributed by atoms with E-state index >= 15 is 0 Å². The third kappa shape index (κ3) is 4.54. The Morgan fingerprint density at radius 1 is 0.867 bits per heavy atom. The second-order valence-corrected chi connectivity index (χ2v) is 9.09. The molecule has 5 nitrogen and oxygen atoms in total. The molecule has 0 fully saturated rings. The second-order valence-electron chi connectivity index (χ2n) is 7.31. The van der Waals surface area contributed by atoms with Gasteiger partial charge >= 0.3 is 0 Å². The van der Waals surface area contributed by atoms with Gasteiger partial charge in [-0.1, -0.05) is 36.4 Å². The number of aryl methyl sites for hydroxylation is 3. The van der Waals surface area contributed by atoms with Gasteiger partial charge in [0.15, 0.2) is 6.61 Å². The summed E-state index contributed by atoms with van der Waals surface area (Å²) in [4.78, 5) is 13.2. The molecule has 0 radical (unpaired) electrons. The highest BCUT2D eigenvalue weighted by molar-refractivity contribution is 7.93. The SMILES string of the molecule is Cc1cc(C)cc(OCC(=O)N(c2cccc(C)c2C)S(=O)(=O)c2ccccc2)c1. The van der Waals surface area contributed by atoms with Crippen LogP contribution in [-0.2, 0) is 14.8 Å². The van der Waals surface area contributed by atoms with Crippen LogP contribution >= 0.6 is 0 Å². The molecule has 0 bridgehead atoms. The van der Waals surface area contributed by atoms with E-state index in [1.807, 2.05) is 45.0 Å². The summed E-state index contributed by atoms with van der Waals surface area (Å²) in [5, 5.41) is 0. The maximum atomic E-state index is 13.4. The lowest BCUT2D eigenvalue weighted by molar-refractivity contribution is -0.119. The van der Waals surface area contributed by atoms with Crippen LogP contribution in [-0.4, -0.2) is 20.9 Å². The molecule has 3 aromatic rings. The Balaban J connectivity index is 2.01. The van der Waals surface area contributed by atoms with E-state index in [4.69, 9.17) is 4.74 Å². The molecule has 0 saturated carbocycles. The molecular weight excluding hydrogens is 398 g/mol. The average Bonchev–Trinajstić information content (AvgIpc) is 2.70. The Morgan fingerprint density at radius 2 is 1.50 bits per heavy atom. The molecule has 0 saturated heterocycles. The molecule has 3 aromatic carbocycles. The third-order valence-electron chi connectivity index (χ3n) is 4.86. The van der Waals surface area contributed by atoms with Gasteiger partial charge in [0.1, 0.15) is 5.75 Å². The molecule has 0 aliphatic rings. The Hall–Kier alpha value is -3.12. The zero-order valence-electron chi connectivity index (χ0n) is 17.5. The van der Waals surface area contributed by atoms with E-state index in [-0.39, 0.29) is 4.90 Å². The fourth-order valence-electron chi connectivity index (χ4n) is 3.27. The lowest BCUT2D eigenvalue weighted by atomic mass is 10.1. The van der Waals surface area contributed by atoms with Crippen molar-refractivity contribution in [1.82, 2.24) is 0 Å². The summed E-state index contributed by atoms with van der Waals surface area (Å²) in [6, 6.07) is 18.8. The van der Waals surface area contributed by atoms with Crippen LogP contribution in [0.1, 0.15) is 22.3 Å². The summed E-state index contributed by atoms with van der Waals surface area (Å²) in [6.07, 6.45) is 0. The zero-order valence-corrected chi connectivity index (χ0v) is 18.4. The maximum absolute atomic E-state index is 13.4. The Kier molecular flexibility index (Phi) is 6.27. The van der Waals surface area contributed by atoms with E-state index in [1.54, 1.807) is 37.3 Å². The van der Waals surface area contributed by atoms with Crippen molar-refractivity contribution in [2.45, 2.75) is 32.6 Å². The summed E-state index contributed by atoms with van der Waals surface area (Å²) >= 11 is 0. The summed E-state index contributed by atoms with van der Waals surface area (Å²) in [5.74, 6) is -0.134. The van der Waals surface area contributed by atoms with Crippen LogP contribution in [0.4, 0.5) is 5.69 Å². The minimum atomic E-state index is -4.11. The molecule has 0 unspecified atom stereocenters. The van der Waals surface area contributed by atoms with Crippen LogP contribution in [0.3, 0.4) is 0 Å². The van der Waals surface area contributed by atoms with Gasteiger partial charge in [-0.05, 0) is 80.3 Å². The Labute approximate surface area is 178 Å². The first-order chi connectivity index (χ1) is 14.2. The van der Waals surface area contributed by atoms with Crippen molar-refractivity contribution >= 4 is 21.6 Å². The van der Waals surface area contributed by atoms with Gasteiger partial charge in [-0.3, -0.25) is 4.79 Å². The predicted molar refractivity (Wildman–Crippen MR) is 118 cm³/mol. The van der Waals surface area contributed by atoms with Gasteiger partial charge in [-0.15, -0.1) is 0 Å². The van der Waals surface area contributed by atoms with Crippen LogP contribution in [0.5, 0.6) is 5.75 Å². The highest BCUT2D eigenvalue weighted by Crippen LogP contribution is 2.29. The van der Waals surface area contributed by atoms with Crippen molar-refractivity contribution in [3.8, 4) is 5.75 Å². The Morgan fingerprint density at radius 3 is 2.13 bits per heavy atom. The first-order valence-electron chi connectivity index (χ1n) is 9.60. The van der Waals surface area contributed by atoms with Crippen molar-refractivity contribution in [3.63, 3.8) is 0 Å². The van der Waals surface area contributed by atoms with Crippen LogP contribution < -0.4 is 9.04 Å². The number of carbonyl (C=O) groups excluding carboxylic acids is 1. The highest BCUT2D eigenvalue weighted by Gasteiger charge is 2.32. The number of amides is 1. The minimum absolute atomic E-state index is 0.0469. The van der Waals surface area contributed by atoms with Crippen molar-refractivity contribution in [3.05, 3.63) is 89.0 Å². The number of sulfonamides is 1. The number of benzene rings is 3. The number of rotatable bonds is 6. The topological polar surface area (TPSA) is 63.7 Å². The summed E-state index contributed by atoms with van der Waals surface area (Å²) in [5.41, 5.74) is 3.94. The lowest BCUT2D eigenvalue weighted by Gasteiger charge is -2.25. The molecule has 0 atom stereocenters. The standard InChI is InChI=1S/C24H25NO4S/c1-17-13-18(2)15-21(14-17)29-16-24(26)25(23-12-8-9-19(3)20(23)4)30(27,28)22-10-6-5-7-11-22/h5-15H,16H2,1-4H3. The minimum Gasteiger partial charge on any atom is -0.484 e. The monoisotopic (exact) mass is 423 g/mol. The van der Waals surface area contributed by atoms with E-state index in [0.717, 1.165) is 26.6 Å². The van der Waals surface area contributed by atoms with Crippen LogP contribution in [0, 0.1) is 27.7 Å².